The Bertz CT molecular complexity index is 443. The molecule has 1 atom stereocenters. The lowest BCUT2D eigenvalue weighted by molar-refractivity contribution is -0.117. The predicted molar refractivity (Wildman–Crippen MR) is 68.9 cm³/mol. The maximum absolute atomic E-state index is 11.9. The molecule has 18 heavy (non-hydrogen) atoms. The van der Waals surface area contributed by atoms with Crippen molar-refractivity contribution in [1.29, 1.82) is 0 Å². The molecule has 1 aliphatic heterocycles. The number of nitrogens with zero attached hydrogens (tertiary/aromatic N) is 1. The number of aromatic carboxylic acids is 1. The molecule has 1 fully saturated rings. The highest BCUT2D eigenvalue weighted by Gasteiger charge is 2.20. The van der Waals surface area contributed by atoms with E-state index in [-0.39, 0.29) is 17.6 Å². The van der Waals surface area contributed by atoms with Gasteiger partial charge in [-0.1, -0.05) is 0 Å². The molecule has 6 nitrogen and oxygen atoms in total. The van der Waals surface area contributed by atoms with Crippen LogP contribution in [0.3, 0.4) is 0 Å². The molecule has 1 aromatic rings. The smallest absolute Gasteiger partial charge is 0.354 e. The zero-order valence-corrected chi connectivity index (χ0v) is 10.4. The first-order chi connectivity index (χ1) is 8.66. The highest BCUT2D eigenvalue weighted by atomic mass is 32.2. The van der Waals surface area contributed by atoms with Crippen LogP contribution < -0.4 is 10.6 Å². The van der Waals surface area contributed by atoms with Crippen molar-refractivity contribution >= 4 is 29.3 Å². The highest BCUT2D eigenvalue weighted by molar-refractivity contribution is 7.99. The van der Waals surface area contributed by atoms with Gasteiger partial charge in [0.2, 0.25) is 5.91 Å². The SMILES string of the molecule is O=C(O)c1ccc(NC(=O)C2CSCCN2)cn1. The van der Waals surface area contributed by atoms with E-state index in [1.54, 1.807) is 11.8 Å². The fourth-order valence-electron chi connectivity index (χ4n) is 1.56. The van der Waals surface area contributed by atoms with E-state index in [1.165, 1.54) is 18.3 Å². The van der Waals surface area contributed by atoms with Crippen molar-refractivity contribution in [2.45, 2.75) is 6.04 Å². The summed E-state index contributed by atoms with van der Waals surface area (Å²) in [7, 11) is 0. The van der Waals surface area contributed by atoms with Crippen molar-refractivity contribution in [3.63, 3.8) is 0 Å². The standard InChI is InChI=1S/C11H13N3O3S/c15-10(9-6-18-4-3-12-9)14-7-1-2-8(11(16)17)13-5-7/h1-2,5,9,12H,3-4,6H2,(H,14,15)(H,16,17). The Morgan fingerprint density at radius 1 is 1.50 bits per heavy atom. The maximum Gasteiger partial charge on any atom is 0.354 e. The Morgan fingerprint density at radius 3 is 2.89 bits per heavy atom. The molecular formula is C11H13N3O3S. The first-order valence-electron chi connectivity index (χ1n) is 5.48. The van der Waals surface area contributed by atoms with Crippen molar-refractivity contribution in [2.24, 2.45) is 0 Å². The van der Waals surface area contributed by atoms with Crippen molar-refractivity contribution < 1.29 is 14.7 Å². The third-order valence-corrected chi connectivity index (χ3v) is 3.55. The van der Waals surface area contributed by atoms with E-state index >= 15 is 0 Å². The number of carboxylic acids is 1. The number of carbonyl (C=O) groups excluding carboxylic acids is 1. The van der Waals surface area contributed by atoms with E-state index in [0.29, 0.717) is 5.69 Å². The topological polar surface area (TPSA) is 91.3 Å². The number of pyridine rings is 1. The van der Waals surface area contributed by atoms with Gasteiger partial charge in [0.1, 0.15) is 5.69 Å². The molecule has 1 aromatic heterocycles. The molecule has 0 spiro atoms. The molecule has 1 amide bonds. The Kier molecular flexibility index (Phi) is 4.16. The van der Waals surface area contributed by atoms with Gasteiger partial charge < -0.3 is 15.7 Å². The lowest BCUT2D eigenvalue weighted by Crippen LogP contribution is -2.46. The molecule has 0 saturated carbocycles. The van der Waals surface area contributed by atoms with Crippen LogP contribution in [0.4, 0.5) is 5.69 Å². The van der Waals surface area contributed by atoms with Crippen molar-refractivity contribution in [3.8, 4) is 0 Å². The number of thioether (sulfide) groups is 1. The molecule has 0 aliphatic carbocycles. The Morgan fingerprint density at radius 2 is 2.33 bits per heavy atom. The minimum absolute atomic E-state index is 0.0423. The molecule has 0 bridgehead atoms. The van der Waals surface area contributed by atoms with Gasteiger partial charge in [0.25, 0.3) is 0 Å². The summed E-state index contributed by atoms with van der Waals surface area (Å²) in [6.07, 6.45) is 1.34. The number of amides is 1. The molecular weight excluding hydrogens is 254 g/mol. The predicted octanol–water partition coefficient (Wildman–Crippen LogP) is 0.423. The first kappa shape index (κ1) is 12.8. The normalized spacial score (nSPS) is 19.2. The number of carbonyl (C=O) groups is 2. The Hall–Kier alpha value is -1.60. The second-order valence-corrected chi connectivity index (χ2v) is 4.96. The minimum atomic E-state index is -1.08. The number of rotatable bonds is 3. The molecule has 3 N–H and O–H groups in total. The second-order valence-electron chi connectivity index (χ2n) is 3.81. The van der Waals surface area contributed by atoms with Crippen molar-refractivity contribution in [2.75, 3.05) is 23.4 Å². The summed E-state index contributed by atoms with van der Waals surface area (Å²) in [6, 6.07) is 2.69. The first-order valence-corrected chi connectivity index (χ1v) is 6.63. The van der Waals surface area contributed by atoms with Gasteiger partial charge in [-0.15, -0.1) is 0 Å². The van der Waals surface area contributed by atoms with Crippen molar-refractivity contribution in [3.05, 3.63) is 24.0 Å². The lowest BCUT2D eigenvalue weighted by Gasteiger charge is -2.22. The van der Waals surface area contributed by atoms with Gasteiger partial charge in [-0.05, 0) is 12.1 Å². The monoisotopic (exact) mass is 267 g/mol. The second kappa shape index (κ2) is 5.83. The zero-order chi connectivity index (χ0) is 13.0. The molecule has 2 rings (SSSR count). The summed E-state index contributed by atoms with van der Waals surface area (Å²) in [5.41, 5.74) is 0.460. The van der Waals surface area contributed by atoms with E-state index < -0.39 is 5.97 Å². The van der Waals surface area contributed by atoms with Crippen LogP contribution in [-0.4, -0.2) is 46.1 Å². The Labute approximate surface area is 108 Å². The quantitative estimate of drug-likeness (QED) is 0.735. The molecule has 1 saturated heterocycles. The van der Waals surface area contributed by atoms with Crippen molar-refractivity contribution in [1.82, 2.24) is 10.3 Å². The summed E-state index contributed by atoms with van der Waals surface area (Å²) >= 11 is 1.73. The maximum atomic E-state index is 11.9. The van der Waals surface area contributed by atoms with Crippen LogP contribution in [0.1, 0.15) is 10.5 Å². The molecule has 96 valence electrons. The van der Waals surface area contributed by atoms with E-state index in [1.807, 2.05) is 0 Å². The van der Waals surface area contributed by atoms with Gasteiger partial charge in [0.15, 0.2) is 0 Å². The van der Waals surface area contributed by atoms with Gasteiger partial charge >= 0.3 is 5.97 Å². The van der Waals surface area contributed by atoms with E-state index in [9.17, 15) is 9.59 Å². The highest BCUT2D eigenvalue weighted by Crippen LogP contribution is 2.11. The summed E-state index contributed by atoms with van der Waals surface area (Å²) in [5, 5.41) is 14.5. The Balaban J connectivity index is 1.96. The van der Waals surface area contributed by atoms with Gasteiger partial charge in [0.05, 0.1) is 17.9 Å². The molecule has 1 unspecified atom stereocenters. The fourth-order valence-corrected chi connectivity index (χ4v) is 2.49. The van der Waals surface area contributed by atoms with Crippen LogP contribution in [0.15, 0.2) is 18.3 Å². The van der Waals surface area contributed by atoms with Crippen LogP contribution in [0.5, 0.6) is 0 Å². The number of anilines is 1. The van der Waals surface area contributed by atoms with Gasteiger partial charge in [-0.25, -0.2) is 9.78 Å². The third kappa shape index (κ3) is 3.21. The van der Waals surface area contributed by atoms with Crippen LogP contribution >= 0.6 is 11.8 Å². The van der Waals surface area contributed by atoms with Gasteiger partial charge in [-0.2, -0.15) is 11.8 Å². The van der Waals surface area contributed by atoms with E-state index in [0.717, 1.165) is 18.1 Å². The summed E-state index contributed by atoms with van der Waals surface area (Å²) in [5.74, 6) is 0.552. The van der Waals surface area contributed by atoms with Crippen LogP contribution in [0.25, 0.3) is 0 Å². The number of hydrogen-bond acceptors (Lipinski definition) is 5. The van der Waals surface area contributed by atoms with Gasteiger partial charge in [-0.3, -0.25) is 4.79 Å². The summed E-state index contributed by atoms with van der Waals surface area (Å²) < 4.78 is 0. The zero-order valence-electron chi connectivity index (χ0n) is 9.55. The molecule has 2 heterocycles. The number of nitrogens with one attached hydrogen (secondary N) is 2. The van der Waals surface area contributed by atoms with Crippen LogP contribution in [0.2, 0.25) is 0 Å². The molecule has 0 radical (unpaired) electrons. The molecule has 0 aromatic carbocycles. The lowest BCUT2D eigenvalue weighted by atomic mass is 10.2. The molecule has 7 heteroatoms. The fraction of sp³-hybridized carbons (Fsp3) is 0.364. The van der Waals surface area contributed by atoms with E-state index in [4.69, 9.17) is 5.11 Å². The molecule has 1 aliphatic rings. The summed E-state index contributed by atoms with van der Waals surface area (Å²) in [6.45, 7) is 0.818. The third-order valence-electron chi connectivity index (χ3n) is 2.49. The number of aromatic nitrogens is 1. The van der Waals surface area contributed by atoms with E-state index in [2.05, 4.69) is 15.6 Å². The minimum Gasteiger partial charge on any atom is -0.477 e. The average Bonchev–Trinajstić information content (AvgIpc) is 2.40. The number of carboxylic acid groups (broad SMARTS) is 1. The average molecular weight is 267 g/mol. The van der Waals surface area contributed by atoms with Crippen LogP contribution in [0, 0.1) is 0 Å². The van der Waals surface area contributed by atoms with Gasteiger partial charge in [0, 0.05) is 18.1 Å². The van der Waals surface area contributed by atoms with Crippen LogP contribution in [-0.2, 0) is 4.79 Å². The summed E-state index contributed by atoms with van der Waals surface area (Å²) in [4.78, 5) is 26.2. The largest absolute Gasteiger partial charge is 0.477 e. The number of hydrogen-bond donors (Lipinski definition) is 3.